The number of ether oxygens (including phenoxy) is 1. The van der Waals surface area contributed by atoms with Crippen molar-refractivity contribution in [1.29, 1.82) is 0 Å². The van der Waals surface area contributed by atoms with E-state index in [-0.39, 0.29) is 18.0 Å². The molecule has 0 aliphatic carbocycles. The predicted molar refractivity (Wildman–Crippen MR) is 123 cm³/mol. The van der Waals surface area contributed by atoms with Crippen LogP contribution in [0.1, 0.15) is 28.8 Å². The SMILES string of the molecule is CSc1ccc([C@@H]2Oc3ccccc3C3=C2[C@H](c2ccc(F)cc2)n2ncnc2N3)cc1. The van der Waals surface area contributed by atoms with Gasteiger partial charge < -0.3 is 10.1 Å². The molecule has 0 amide bonds. The second-order valence-electron chi connectivity index (χ2n) is 7.70. The molecule has 2 atom stereocenters. The van der Waals surface area contributed by atoms with Crippen LogP contribution in [0.2, 0.25) is 0 Å². The molecule has 6 rings (SSSR count). The van der Waals surface area contributed by atoms with Crippen molar-refractivity contribution in [3.05, 3.63) is 107 Å². The molecule has 0 fully saturated rings. The Bertz CT molecular complexity index is 1330. The maximum Gasteiger partial charge on any atom is 0.226 e. The number of para-hydroxylation sites is 1. The van der Waals surface area contributed by atoms with E-state index in [1.54, 1.807) is 23.9 Å². The highest BCUT2D eigenvalue weighted by Gasteiger charge is 2.40. The van der Waals surface area contributed by atoms with E-state index in [0.717, 1.165) is 33.7 Å². The molecule has 5 nitrogen and oxygen atoms in total. The summed E-state index contributed by atoms with van der Waals surface area (Å²) >= 11 is 1.70. The molecular formula is C25H19FN4OS. The quantitative estimate of drug-likeness (QED) is 0.413. The number of aromatic nitrogens is 3. The number of halogens is 1. The first-order valence-corrected chi connectivity index (χ1v) is 11.5. The Morgan fingerprint density at radius 2 is 1.72 bits per heavy atom. The molecule has 0 saturated carbocycles. The predicted octanol–water partition coefficient (Wildman–Crippen LogP) is 5.70. The molecule has 158 valence electrons. The number of thioether (sulfide) groups is 1. The van der Waals surface area contributed by atoms with E-state index >= 15 is 0 Å². The van der Waals surface area contributed by atoms with Crippen molar-refractivity contribution < 1.29 is 9.13 Å². The van der Waals surface area contributed by atoms with Gasteiger partial charge in [0, 0.05) is 16.0 Å². The monoisotopic (exact) mass is 442 g/mol. The Kier molecular flexibility index (Phi) is 4.50. The van der Waals surface area contributed by atoms with Crippen LogP contribution in [0.15, 0.2) is 89.6 Å². The first-order chi connectivity index (χ1) is 15.7. The molecule has 0 unspecified atom stereocenters. The zero-order valence-electron chi connectivity index (χ0n) is 17.2. The summed E-state index contributed by atoms with van der Waals surface area (Å²) in [6, 6.07) is 22.7. The number of benzene rings is 3. The van der Waals surface area contributed by atoms with Crippen LogP contribution < -0.4 is 10.1 Å². The summed E-state index contributed by atoms with van der Waals surface area (Å²) in [6.07, 6.45) is 3.26. The molecule has 7 heteroatoms. The standard InChI is InChI=1S/C25H19FN4OS/c1-32-18-12-8-16(9-13-18)24-21-22(19-4-2-3-5-20(19)31-24)29-25-27-14-28-30(25)23(21)15-6-10-17(26)11-7-15/h2-14,23-24H,1H3,(H,27,28,29)/t23-,24-/m0/s1. The van der Waals surface area contributed by atoms with Crippen molar-refractivity contribution in [3.8, 4) is 5.75 Å². The van der Waals surface area contributed by atoms with Crippen LogP contribution in [0.4, 0.5) is 10.3 Å². The van der Waals surface area contributed by atoms with E-state index in [1.165, 1.54) is 23.4 Å². The fraction of sp³-hybridized carbons (Fsp3) is 0.120. The molecule has 3 heterocycles. The third-order valence-corrected chi connectivity index (χ3v) is 6.67. The van der Waals surface area contributed by atoms with Crippen molar-refractivity contribution >= 4 is 23.4 Å². The van der Waals surface area contributed by atoms with Crippen LogP contribution >= 0.6 is 11.8 Å². The largest absolute Gasteiger partial charge is 0.480 e. The lowest BCUT2D eigenvalue weighted by Crippen LogP contribution is -2.32. The van der Waals surface area contributed by atoms with Gasteiger partial charge >= 0.3 is 0 Å². The van der Waals surface area contributed by atoms with Crippen LogP contribution in [0.5, 0.6) is 5.75 Å². The molecule has 1 N–H and O–H groups in total. The van der Waals surface area contributed by atoms with Crippen LogP contribution in [0.25, 0.3) is 5.70 Å². The number of fused-ring (bicyclic) bond motifs is 3. The van der Waals surface area contributed by atoms with Crippen molar-refractivity contribution in [2.45, 2.75) is 17.0 Å². The van der Waals surface area contributed by atoms with Crippen molar-refractivity contribution in [2.24, 2.45) is 0 Å². The molecule has 32 heavy (non-hydrogen) atoms. The van der Waals surface area contributed by atoms with E-state index in [2.05, 4.69) is 45.9 Å². The molecular weight excluding hydrogens is 423 g/mol. The van der Waals surface area contributed by atoms with E-state index in [0.29, 0.717) is 5.95 Å². The number of rotatable bonds is 3. The summed E-state index contributed by atoms with van der Waals surface area (Å²) in [5, 5.41) is 7.98. The fourth-order valence-electron chi connectivity index (χ4n) is 4.44. The van der Waals surface area contributed by atoms with Gasteiger partial charge in [-0.15, -0.1) is 11.8 Å². The van der Waals surface area contributed by atoms with Gasteiger partial charge in [-0.2, -0.15) is 10.1 Å². The van der Waals surface area contributed by atoms with E-state index < -0.39 is 0 Å². The minimum Gasteiger partial charge on any atom is -0.480 e. The van der Waals surface area contributed by atoms with Gasteiger partial charge in [0.25, 0.3) is 0 Å². The van der Waals surface area contributed by atoms with Crippen LogP contribution in [0.3, 0.4) is 0 Å². The topological polar surface area (TPSA) is 52.0 Å². The molecule has 3 aromatic carbocycles. The third-order valence-electron chi connectivity index (χ3n) is 5.93. The van der Waals surface area contributed by atoms with Crippen molar-refractivity contribution in [1.82, 2.24) is 14.8 Å². The lowest BCUT2D eigenvalue weighted by molar-refractivity contribution is 0.223. The van der Waals surface area contributed by atoms with Gasteiger partial charge in [0.15, 0.2) is 0 Å². The molecule has 0 bridgehead atoms. The molecule has 2 aliphatic heterocycles. The van der Waals surface area contributed by atoms with Gasteiger partial charge in [-0.3, -0.25) is 0 Å². The van der Waals surface area contributed by atoms with Gasteiger partial charge in [0.05, 0.1) is 5.70 Å². The van der Waals surface area contributed by atoms with Gasteiger partial charge in [0.1, 0.15) is 30.0 Å². The lowest BCUT2D eigenvalue weighted by atomic mass is 9.84. The Labute approximate surface area is 189 Å². The first-order valence-electron chi connectivity index (χ1n) is 10.3. The summed E-state index contributed by atoms with van der Waals surface area (Å²) in [4.78, 5) is 5.61. The van der Waals surface area contributed by atoms with E-state index in [9.17, 15) is 4.39 Å². The number of hydrogen-bond donors (Lipinski definition) is 1. The number of hydrogen-bond acceptors (Lipinski definition) is 5. The minimum absolute atomic E-state index is 0.273. The second kappa shape index (κ2) is 7.53. The highest BCUT2D eigenvalue weighted by Crippen LogP contribution is 2.50. The van der Waals surface area contributed by atoms with Crippen molar-refractivity contribution in [2.75, 3.05) is 11.6 Å². The van der Waals surface area contributed by atoms with Gasteiger partial charge in [-0.25, -0.2) is 9.07 Å². The smallest absolute Gasteiger partial charge is 0.226 e. The molecule has 0 saturated heterocycles. The lowest BCUT2D eigenvalue weighted by Gasteiger charge is -2.39. The Morgan fingerprint density at radius 3 is 2.50 bits per heavy atom. The third kappa shape index (κ3) is 3.00. The highest BCUT2D eigenvalue weighted by molar-refractivity contribution is 7.98. The maximum atomic E-state index is 13.7. The van der Waals surface area contributed by atoms with E-state index in [1.807, 2.05) is 28.9 Å². The number of anilines is 1. The van der Waals surface area contributed by atoms with Crippen LogP contribution in [-0.4, -0.2) is 21.0 Å². The zero-order chi connectivity index (χ0) is 21.7. The maximum absolute atomic E-state index is 13.7. The van der Waals surface area contributed by atoms with Gasteiger partial charge in [-0.05, 0) is 53.8 Å². The summed E-state index contributed by atoms with van der Waals surface area (Å²) in [5.74, 6) is 1.18. The molecule has 4 aromatic rings. The number of nitrogens with zero attached hydrogens (tertiary/aromatic N) is 3. The molecule has 0 spiro atoms. The number of nitrogens with one attached hydrogen (secondary N) is 1. The normalized spacial score (nSPS) is 18.8. The zero-order valence-corrected chi connectivity index (χ0v) is 18.0. The fourth-order valence-corrected chi connectivity index (χ4v) is 4.85. The Morgan fingerprint density at radius 1 is 0.969 bits per heavy atom. The molecule has 0 radical (unpaired) electrons. The average Bonchev–Trinajstić information content (AvgIpc) is 3.31. The second-order valence-corrected chi connectivity index (χ2v) is 8.58. The average molecular weight is 443 g/mol. The summed E-state index contributed by atoms with van der Waals surface area (Å²) in [5.41, 5.74) is 4.91. The van der Waals surface area contributed by atoms with E-state index in [4.69, 9.17) is 4.74 Å². The van der Waals surface area contributed by atoms with Crippen molar-refractivity contribution in [3.63, 3.8) is 0 Å². The van der Waals surface area contributed by atoms with Crippen LogP contribution in [-0.2, 0) is 0 Å². The Balaban J connectivity index is 1.60. The Hall–Kier alpha value is -3.58. The minimum atomic E-state index is -0.337. The first kappa shape index (κ1) is 19.1. The summed E-state index contributed by atoms with van der Waals surface area (Å²) in [6.45, 7) is 0. The molecule has 1 aromatic heterocycles. The van der Waals surface area contributed by atoms with Gasteiger partial charge in [0.2, 0.25) is 5.95 Å². The highest BCUT2D eigenvalue weighted by atomic mass is 32.2. The molecule has 2 aliphatic rings. The van der Waals surface area contributed by atoms with Gasteiger partial charge in [-0.1, -0.05) is 36.4 Å². The summed E-state index contributed by atoms with van der Waals surface area (Å²) in [7, 11) is 0. The summed E-state index contributed by atoms with van der Waals surface area (Å²) < 4.78 is 22.2. The van der Waals surface area contributed by atoms with Crippen LogP contribution in [0, 0.1) is 5.82 Å².